The maximum Gasteiger partial charge on any atom is 0.213 e. The molecule has 2 aliphatic rings. The molecule has 3 heteroatoms. The van der Waals surface area contributed by atoms with Gasteiger partial charge in [0.15, 0.2) is 0 Å². The minimum atomic E-state index is -1.93. The second-order valence-electron chi connectivity index (χ2n) is 5.31. The highest BCUT2D eigenvalue weighted by Crippen LogP contribution is 2.33. The molecular weight excluding hydrogens is 220 g/mol. The fourth-order valence-electron chi connectivity index (χ4n) is 3.38. The minimum Gasteiger partial charge on any atom is -0.185 e. The molecule has 92 valence electrons. The van der Waals surface area contributed by atoms with Crippen LogP contribution in [0.4, 0.5) is 0 Å². The first-order valence-corrected chi connectivity index (χ1v) is 7.82. The van der Waals surface area contributed by atoms with Gasteiger partial charge in [-0.05, 0) is 37.5 Å². The SMILES string of the molecule is O=S(=O)=C(C1CCCCC1)C1CCCCC1. The molecule has 0 unspecified atom stereocenters. The Bertz CT molecular complexity index is 316. The number of hydrogen-bond donors (Lipinski definition) is 0. The maximum atomic E-state index is 11.5. The second-order valence-corrected chi connectivity index (χ2v) is 6.25. The summed E-state index contributed by atoms with van der Waals surface area (Å²) in [6, 6.07) is 0. The van der Waals surface area contributed by atoms with Gasteiger partial charge < -0.3 is 0 Å². The summed E-state index contributed by atoms with van der Waals surface area (Å²) in [5.74, 6) is 0.769. The average Bonchev–Trinajstić information content (AvgIpc) is 2.31. The molecule has 0 atom stereocenters. The van der Waals surface area contributed by atoms with Gasteiger partial charge in [0.25, 0.3) is 0 Å². The second kappa shape index (κ2) is 5.85. The van der Waals surface area contributed by atoms with Crippen LogP contribution in [0.5, 0.6) is 0 Å². The van der Waals surface area contributed by atoms with Crippen LogP contribution in [0.1, 0.15) is 64.2 Å². The van der Waals surface area contributed by atoms with Crippen molar-refractivity contribution in [2.75, 3.05) is 0 Å². The van der Waals surface area contributed by atoms with Gasteiger partial charge in [0, 0.05) is 0 Å². The average molecular weight is 242 g/mol. The molecule has 0 amide bonds. The summed E-state index contributed by atoms with van der Waals surface area (Å²) in [5.41, 5.74) is 0. The van der Waals surface area contributed by atoms with Crippen LogP contribution < -0.4 is 0 Å². The fraction of sp³-hybridized carbons (Fsp3) is 0.923. The van der Waals surface area contributed by atoms with Gasteiger partial charge in [0.1, 0.15) is 0 Å². The molecule has 2 aliphatic carbocycles. The molecule has 2 rings (SSSR count). The van der Waals surface area contributed by atoms with E-state index in [1.54, 1.807) is 0 Å². The van der Waals surface area contributed by atoms with Crippen molar-refractivity contribution in [3.8, 4) is 0 Å². The Morgan fingerprint density at radius 1 is 0.688 bits per heavy atom. The molecule has 0 aromatic rings. The minimum absolute atomic E-state index is 0.384. The summed E-state index contributed by atoms with van der Waals surface area (Å²) in [6.45, 7) is 0. The van der Waals surface area contributed by atoms with Crippen molar-refractivity contribution in [3.05, 3.63) is 0 Å². The molecule has 2 fully saturated rings. The van der Waals surface area contributed by atoms with Gasteiger partial charge >= 0.3 is 0 Å². The lowest BCUT2D eigenvalue weighted by Crippen LogP contribution is -2.28. The third kappa shape index (κ3) is 2.88. The Hall–Kier alpha value is -0.310. The van der Waals surface area contributed by atoms with E-state index in [-0.39, 0.29) is 0 Å². The van der Waals surface area contributed by atoms with E-state index in [0.717, 1.165) is 30.5 Å². The Balaban J connectivity index is 2.13. The van der Waals surface area contributed by atoms with E-state index in [4.69, 9.17) is 0 Å². The molecule has 0 aromatic carbocycles. The van der Waals surface area contributed by atoms with Crippen LogP contribution in [-0.2, 0) is 10.3 Å². The van der Waals surface area contributed by atoms with Crippen LogP contribution in [-0.4, -0.2) is 13.3 Å². The van der Waals surface area contributed by atoms with Crippen LogP contribution in [0.25, 0.3) is 0 Å². The van der Waals surface area contributed by atoms with Crippen LogP contribution >= 0.6 is 0 Å². The molecule has 0 N–H and O–H groups in total. The zero-order chi connectivity index (χ0) is 11.4. The molecule has 2 nitrogen and oxygen atoms in total. The largest absolute Gasteiger partial charge is 0.213 e. The molecule has 0 radical (unpaired) electrons. The van der Waals surface area contributed by atoms with Crippen molar-refractivity contribution in [1.29, 1.82) is 0 Å². The molecule has 0 heterocycles. The number of hydrogen-bond acceptors (Lipinski definition) is 2. The third-order valence-corrected chi connectivity index (χ3v) is 5.26. The zero-order valence-corrected chi connectivity index (χ0v) is 10.8. The highest BCUT2D eigenvalue weighted by molar-refractivity contribution is 7.73. The molecule has 0 saturated heterocycles. The molecule has 16 heavy (non-hydrogen) atoms. The standard InChI is InChI=1S/C13H22O2S/c14-16(15)13(11-7-3-1-4-8-11)12-9-5-2-6-10-12/h11-12H,1-10H2. The van der Waals surface area contributed by atoms with Crippen molar-refractivity contribution in [1.82, 2.24) is 0 Å². The molecule has 0 spiro atoms. The smallest absolute Gasteiger partial charge is 0.185 e. The molecule has 2 saturated carbocycles. The predicted octanol–water partition coefficient (Wildman–Crippen LogP) is 3.20. The quantitative estimate of drug-likeness (QED) is 0.697. The molecule has 0 aliphatic heterocycles. The van der Waals surface area contributed by atoms with Gasteiger partial charge in [0.2, 0.25) is 10.3 Å². The summed E-state index contributed by atoms with van der Waals surface area (Å²) in [4.78, 5) is 0.888. The summed E-state index contributed by atoms with van der Waals surface area (Å²) in [6.07, 6.45) is 11.9. The summed E-state index contributed by atoms with van der Waals surface area (Å²) in [7, 11) is -1.93. The van der Waals surface area contributed by atoms with E-state index in [0.29, 0.717) is 11.8 Å². The molecular formula is C13H22O2S. The van der Waals surface area contributed by atoms with Gasteiger partial charge in [0.05, 0.1) is 4.86 Å². The highest BCUT2D eigenvalue weighted by atomic mass is 32.2. The van der Waals surface area contributed by atoms with E-state index >= 15 is 0 Å². The van der Waals surface area contributed by atoms with Gasteiger partial charge in [-0.25, -0.2) is 0 Å². The lowest BCUT2D eigenvalue weighted by molar-refractivity contribution is 0.393. The zero-order valence-electron chi connectivity index (χ0n) is 9.95. The van der Waals surface area contributed by atoms with E-state index < -0.39 is 10.3 Å². The Morgan fingerprint density at radius 3 is 1.38 bits per heavy atom. The summed E-state index contributed by atoms with van der Waals surface area (Å²) < 4.78 is 22.9. The van der Waals surface area contributed by atoms with Crippen molar-refractivity contribution in [2.45, 2.75) is 64.2 Å². The van der Waals surface area contributed by atoms with Crippen LogP contribution in [0, 0.1) is 11.8 Å². The van der Waals surface area contributed by atoms with Crippen LogP contribution in [0.3, 0.4) is 0 Å². The van der Waals surface area contributed by atoms with Crippen LogP contribution in [0.2, 0.25) is 0 Å². The Morgan fingerprint density at radius 2 is 1.06 bits per heavy atom. The summed E-state index contributed by atoms with van der Waals surface area (Å²) >= 11 is 0. The van der Waals surface area contributed by atoms with E-state index in [9.17, 15) is 8.42 Å². The van der Waals surface area contributed by atoms with Crippen molar-refractivity contribution < 1.29 is 8.42 Å². The first-order chi connectivity index (χ1) is 7.79. The van der Waals surface area contributed by atoms with Crippen molar-refractivity contribution >= 4 is 15.2 Å². The van der Waals surface area contributed by atoms with Crippen molar-refractivity contribution in [3.63, 3.8) is 0 Å². The van der Waals surface area contributed by atoms with E-state index in [1.165, 1.54) is 38.5 Å². The number of rotatable bonds is 2. The first kappa shape index (κ1) is 12.2. The fourth-order valence-corrected chi connectivity index (χ4v) is 4.40. The topological polar surface area (TPSA) is 34.1 Å². The monoisotopic (exact) mass is 242 g/mol. The van der Waals surface area contributed by atoms with Gasteiger partial charge in [-0.1, -0.05) is 38.5 Å². The Labute approximate surface area is 100.0 Å². The highest BCUT2D eigenvalue weighted by Gasteiger charge is 2.28. The summed E-state index contributed by atoms with van der Waals surface area (Å²) in [5, 5.41) is 0. The van der Waals surface area contributed by atoms with Gasteiger partial charge in [-0.2, -0.15) is 8.42 Å². The Kier molecular flexibility index (Phi) is 4.45. The maximum absolute atomic E-state index is 11.5. The predicted molar refractivity (Wildman–Crippen MR) is 67.1 cm³/mol. The van der Waals surface area contributed by atoms with Crippen LogP contribution in [0.15, 0.2) is 0 Å². The van der Waals surface area contributed by atoms with Gasteiger partial charge in [-0.15, -0.1) is 0 Å². The first-order valence-electron chi connectivity index (χ1n) is 6.75. The lowest BCUT2D eigenvalue weighted by Gasteiger charge is -2.29. The molecule has 0 aromatic heterocycles. The van der Waals surface area contributed by atoms with E-state index in [1.807, 2.05) is 0 Å². The van der Waals surface area contributed by atoms with Gasteiger partial charge in [-0.3, -0.25) is 0 Å². The lowest BCUT2D eigenvalue weighted by atomic mass is 9.77. The normalized spacial score (nSPS) is 24.2. The van der Waals surface area contributed by atoms with E-state index in [2.05, 4.69) is 0 Å². The molecule has 0 bridgehead atoms. The third-order valence-electron chi connectivity index (χ3n) is 4.21. The van der Waals surface area contributed by atoms with Crippen molar-refractivity contribution in [2.24, 2.45) is 11.8 Å².